The van der Waals surface area contributed by atoms with E-state index in [-0.39, 0.29) is 11.9 Å². The number of nitrogen functional groups attached to an aromatic ring is 1. The molecule has 0 spiro atoms. The monoisotopic (exact) mass is 238 g/mol. The number of hydrogen-bond acceptors (Lipinski definition) is 4. The molecule has 0 saturated heterocycles. The van der Waals surface area contributed by atoms with Gasteiger partial charge in [0.2, 0.25) is 0 Å². The Hall–Kier alpha value is -1.56. The minimum atomic E-state index is -0.456. The predicted octanol–water partition coefficient (Wildman–Crippen LogP) is 0.0356. The molecule has 0 unspecified atom stereocenters. The van der Waals surface area contributed by atoms with Gasteiger partial charge in [0.25, 0.3) is 5.91 Å². The first-order chi connectivity index (χ1) is 8.09. The summed E-state index contributed by atoms with van der Waals surface area (Å²) in [5.41, 5.74) is 6.38. The summed E-state index contributed by atoms with van der Waals surface area (Å²) in [5, 5.41) is 16.5. The first kappa shape index (κ1) is 11.9. The Morgan fingerprint density at radius 1 is 1.59 bits per heavy atom. The third-order valence-electron chi connectivity index (χ3n) is 3.23. The second-order valence-corrected chi connectivity index (χ2v) is 4.50. The zero-order valence-electron chi connectivity index (χ0n) is 9.89. The van der Waals surface area contributed by atoms with Crippen LogP contribution in [0.5, 0.6) is 0 Å². The van der Waals surface area contributed by atoms with Crippen LogP contribution in [0.25, 0.3) is 0 Å². The SMILES string of the molecule is Cn1ncc(N)c1C(=O)N[C@@H]1CCCC[C@H]1O. The zero-order chi connectivity index (χ0) is 12.4. The molecule has 1 amide bonds. The maximum absolute atomic E-state index is 12.0. The largest absolute Gasteiger partial charge is 0.396 e. The maximum Gasteiger partial charge on any atom is 0.271 e. The third kappa shape index (κ3) is 2.41. The Balaban J connectivity index is 2.06. The molecule has 6 nitrogen and oxygen atoms in total. The molecule has 1 heterocycles. The molecule has 2 atom stereocenters. The number of aromatic nitrogens is 2. The predicted molar refractivity (Wildman–Crippen MR) is 63.3 cm³/mol. The number of hydrogen-bond donors (Lipinski definition) is 3. The van der Waals surface area contributed by atoms with Gasteiger partial charge in [0, 0.05) is 7.05 Å². The number of anilines is 1. The molecule has 0 bridgehead atoms. The molecule has 0 aromatic carbocycles. The molecule has 17 heavy (non-hydrogen) atoms. The van der Waals surface area contributed by atoms with Crippen molar-refractivity contribution in [3.05, 3.63) is 11.9 Å². The Morgan fingerprint density at radius 3 is 2.88 bits per heavy atom. The highest BCUT2D eigenvalue weighted by atomic mass is 16.3. The van der Waals surface area contributed by atoms with Crippen LogP contribution in [0.15, 0.2) is 6.20 Å². The number of carbonyl (C=O) groups excluding carboxylic acids is 1. The van der Waals surface area contributed by atoms with Crippen LogP contribution in [-0.2, 0) is 7.05 Å². The van der Waals surface area contributed by atoms with Crippen LogP contribution in [0.2, 0.25) is 0 Å². The number of amides is 1. The summed E-state index contributed by atoms with van der Waals surface area (Å²) >= 11 is 0. The lowest BCUT2D eigenvalue weighted by atomic mass is 9.92. The Bertz CT molecular complexity index is 396. The summed E-state index contributed by atoms with van der Waals surface area (Å²) in [6.07, 6.45) is 4.59. The van der Waals surface area contributed by atoms with Gasteiger partial charge < -0.3 is 16.2 Å². The summed E-state index contributed by atoms with van der Waals surface area (Å²) < 4.78 is 1.44. The molecule has 1 aliphatic carbocycles. The standard InChI is InChI=1S/C11H18N4O2/c1-15-10(7(12)6-13-15)11(17)14-8-4-2-3-5-9(8)16/h6,8-9,16H,2-5,12H2,1H3,(H,14,17)/t8-,9-/m1/s1. The van der Waals surface area contributed by atoms with Gasteiger partial charge in [-0.2, -0.15) is 5.10 Å². The van der Waals surface area contributed by atoms with Crippen LogP contribution < -0.4 is 11.1 Å². The van der Waals surface area contributed by atoms with E-state index in [1.165, 1.54) is 10.9 Å². The lowest BCUT2D eigenvalue weighted by molar-refractivity contribution is 0.0711. The van der Waals surface area contributed by atoms with Crippen molar-refractivity contribution in [2.45, 2.75) is 37.8 Å². The van der Waals surface area contributed by atoms with Crippen LogP contribution in [0.3, 0.4) is 0 Å². The Morgan fingerprint density at radius 2 is 2.29 bits per heavy atom. The fourth-order valence-corrected chi connectivity index (χ4v) is 2.25. The van der Waals surface area contributed by atoms with E-state index in [2.05, 4.69) is 10.4 Å². The van der Waals surface area contributed by atoms with Gasteiger partial charge in [-0.15, -0.1) is 0 Å². The van der Waals surface area contributed by atoms with Gasteiger partial charge in [0.15, 0.2) is 0 Å². The summed E-state index contributed by atoms with van der Waals surface area (Å²) in [7, 11) is 1.67. The topological polar surface area (TPSA) is 93.2 Å². The highest BCUT2D eigenvalue weighted by Gasteiger charge is 2.26. The summed E-state index contributed by atoms with van der Waals surface area (Å²) in [4.78, 5) is 12.0. The highest BCUT2D eigenvalue weighted by molar-refractivity contribution is 5.97. The average molecular weight is 238 g/mol. The number of nitrogens with two attached hydrogens (primary N) is 1. The zero-order valence-corrected chi connectivity index (χ0v) is 9.89. The fraction of sp³-hybridized carbons (Fsp3) is 0.636. The number of nitrogens with zero attached hydrogens (tertiary/aromatic N) is 2. The van der Waals surface area contributed by atoms with E-state index in [0.717, 1.165) is 25.7 Å². The minimum Gasteiger partial charge on any atom is -0.396 e. The Kier molecular flexibility index (Phi) is 3.33. The van der Waals surface area contributed by atoms with Crippen molar-refractivity contribution >= 4 is 11.6 Å². The minimum absolute atomic E-state index is 0.175. The molecule has 1 aromatic heterocycles. The van der Waals surface area contributed by atoms with Gasteiger partial charge in [-0.05, 0) is 12.8 Å². The lowest BCUT2D eigenvalue weighted by Gasteiger charge is -2.28. The highest BCUT2D eigenvalue weighted by Crippen LogP contribution is 2.19. The molecule has 2 rings (SSSR count). The molecule has 0 radical (unpaired) electrons. The van der Waals surface area contributed by atoms with Crippen molar-refractivity contribution in [1.29, 1.82) is 0 Å². The maximum atomic E-state index is 12.0. The quantitative estimate of drug-likeness (QED) is 0.678. The number of aliphatic hydroxyl groups is 1. The van der Waals surface area contributed by atoms with Crippen molar-refractivity contribution < 1.29 is 9.90 Å². The van der Waals surface area contributed by atoms with Gasteiger partial charge in [0.1, 0.15) is 5.69 Å². The number of carbonyl (C=O) groups is 1. The molecular weight excluding hydrogens is 220 g/mol. The molecule has 0 aliphatic heterocycles. The van der Waals surface area contributed by atoms with Gasteiger partial charge in [-0.1, -0.05) is 12.8 Å². The van der Waals surface area contributed by atoms with E-state index in [1.54, 1.807) is 7.05 Å². The molecular formula is C11H18N4O2. The number of rotatable bonds is 2. The van der Waals surface area contributed by atoms with E-state index >= 15 is 0 Å². The molecule has 6 heteroatoms. The van der Waals surface area contributed by atoms with Gasteiger partial charge in [0.05, 0.1) is 24.0 Å². The first-order valence-corrected chi connectivity index (χ1v) is 5.86. The molecule has 4 N–H and O–H groups in total. The van der Waals surface area contributed by atoms with Crippen molar-refractivity contribution in [2.75, 3.05) is 5.73 Å². The third-order valence-corrected chi connectivity index (χ3v) is 3.23. The normalized spacial score (nSPS) is 24.6. The molecule has 1 aromatic rings. The summed E-state index contributed by atoms with van der Waals surface area (Å²) in [5.74, 6) is -0.270. The first-order valence-electron chi connectivity index (χ1n) is 5.86. The van der Waals surface area contributed by atoms with E-state index in [1.807, 2.05) is 0 Å². The second-order valence-electron chi connectivity index (χ2n) is 4.50. The number of nitrogens with one attached hydrogen (secondary N) is 1. The summed E-state index contributed by atoms with van der Waals surface area (Å²) in [6.45, 7) is 0. The van der Waals surface area contributed by atoms with Gasteiger partial charge in [-0.3, -0.25) is 9.48 Å². The van der Waals surface area contributed by atoms with E-state index in [9.17, 15) is 9.90 Å². The second kappa shape index (κ2) is 4.75. The molecule has 94 valence electrons. The van der Waals surface area contributed by atoms with Crippen LogP contribution >= 0.6 is 0 Å². The fourth-order valence-electron chi connectivity index (χ4n) is 2.25. The number of aliphatic hydroxyl groups excluding tert-OH is 1. The van der Waals surface area contributed by atoms with E-state index in [4.69, 9.17) is 5.73 Å². The van der Waals surface area contributed by atoms with Gasteiger partial charge in [-0.25, -0.2) is 0 Å². The van der Waals surface area contributed by atoms with Crippen molar-refractivity contribution in [3.8, 4) is 0 Å². The van der Waals surface area contributed by atoms with Crippen LogP contribution in [0, 0.1) is 0 Å². The number of aryl methyl sites for hydroxylation is 1. The summed E-state index contributed by atoms with van der Waals surface area (Å²) in [6, 6.07) is -0.175. The van der Waals surface area contributed by atoms with Crippen molar-refractivity contribution in [3.63, 3.8) is 0 Å². The molecule has 1 saturated carbocycles. The molecule has 1 aliphatic rings. The smallest absolute Gasteiger partial charge is 0.271 e. The Labute approximate surface area is 99.8 Å². The average Bonchev–Trinajstić information content (AvgIpc) is 2.62. The van der Waals surface area contributed by atoms with Crippen LogP contribution in [0.4, 0.5) is 5.69 Å². The van der Waals surface area contributed by atoms with Crippen molar-refractivity contribution in [2.24, 2.45) is 7.05 Å². The van der Waals surface area contributed by atoms with E-state index in [0.29, 0.717) is 11.4 Å². The van der Waals surface area contributed by atoms with Gasteiger partial charge >= 0.3 is 0 Å². The van der Waals surface area contributed by atoms with Crippen LogP contribution in [0.1, 0.15) is 36.2 Å². The van der Waals surface area contributed by atoms with Crippen LogP contribution in [-0.4, -0.2) is 32.9 Å². The lowest BCUT2D eigenvalue weighted by Crippen LogP contribution is -2.45. The molecule has 1 fully saturated rings. The van der Waals surface area contributed by atoms with E-state index < -0.39 is 6.10 Å². The van der Waals surface area contributed by atoms with Crippen molar-refractivity contribution in [1.82, 2.24) is 15.1 Å².